The van der Waals surface area contributed by atoms with E-state index in [9.17, 15) is 4.79 Å². The maximum atomic E-state index is 12.2. The molecule has 0 saturated heterocycles. The fraction of sp³-hybridized carbons (Fsp3) is 0.122. The number of hydrogen-bond donors (Lipinski definition) is 1. The van der Waals surface area contributed by atoms with Gasteiger partial charge in [0.2, 0.25) is 0 Å². The number of aldehydes is 1. The molecular weight excluding hydrogens is 658 g/mol. The summed E-state index contributed by atoms with van der Waals surface area (Å²) >= 11 is 3.80. The number of aryl methyl sites for hydroxylation is 1. The monoisotopic (exact) mass is 691 g/mol. The number of halogens is 1. The first kappa shape index (κ1) is 31.2. The van der Waals surface area contributed by atoms with E-state index in [0.29, 0.717) is 17.9 Å². The average molecular weight is 693 g/mol. The maximum Gasteiger partial charge on any atom is 0.184 e. The van der Waals surface area contributed by atoms with Crippen LogP contribution in [0.3, 0.4) is 0 Å². The van der Waals surface area contributed by atoms with Crippen molar-refractivity contribution in [3.05, 3.63) is 183 Å². The van der Waals surface area contributed by atoms with E-state index in [1.165, 1.54) is 0 Å². The van der Waals surface area contributed by atoms with Crippen molar-refractivity contribution in [3.8, 4) is 22.5 Å². The second-order valence-electron chi connectivity index (χ2n) is 11.8. The zero-order valence-electron chi connectivity index (χ0n) is 26.6. The van der Waals surface area contributed by atoms with Crippen LogP contribution in [0.1, 0.15) is 57.3 Å². The summed E-state index contributed by atoms with van der Waals surface area (Å²) in [5, 5.41) is 13.9. The molecule has 2 heterocycles. The van der Waals surface area contributed by atoms with Gasteiger partial charge >= 0.3 is 0 Å². The van der Waals surface area contributed by atoms with Gasteiger partial charge in [0, 0.05) is 22.2 Å². The second kappa shape index (κ2) is 13.8. The third kappa shape index (κ3) is 5.60. The van der Waals surface area contributed by atoms with Crippen molar-refractivity contribution < 1.29 is 4.79 Å². The van der Waals surface area contributed by atoms with E-state index in [4.69, 9.17) is 10.3 Å². The first-order chi connectivity index (χ1) is 23.6. The number of hydrogen-bond acceptors (Lipinski definition) is 4. The fourth-order valence-electron chi connectivity index (χ4n) is 6.73. The Labute approximate surface area is 288 Å². The van der Waals surface area contributed by atoms with Crippen molar-refractivity contribution in [1.29, 1.82) is 0 Å². The second-order valence-corrected chi connectivity index (χ2v) is 12.6. The predicted molar refractivity (Wildman–Crippen MR) is 194 cm³/mol. The molecule has 0 unspecified atom stereocenters. The van der Waals surface area contributed by atoms with Gasteiger partial charge in [0.25, 0.3) is 0 Å². The van der Waals surface area contributed by atoms with Crippen LogP contribution in [-0.4, -0.2) is 31.5 Å². The molecule has 0 saturated carbocycles. The summed E-state index contributed by atoms with van der Waals surface area (Å²) in [5.74, 6) is 0.627. The Hall–Kier alpha value is -5.40. The number of carbonyl (C=O) groups is 1. The van der Waals surface area contributed by atoms with Crippen molar-refractivity contribution in [2.24, 2.45) is 0 Å². The van der Waals surface area contributed by atoms with Gasteiger partial charge in [-0.1, -0.05) is 147 Å². The van der Waals surface area contributed by atoms with Gasteiger partial charge in [-0.3, -0.25) is 4.79 Å². The van der Waals surface area contributed by atoms with Crippen LogP contribution >= 0.6 is 15.9 Å². The highest BCUT2D eigenvalue weighted by Crippen LogP contribution is 2.44. The molecule has 6 nitrogen and oxygen atoms in total. The number of nitrogens with zero attached hydrogens (tertiary/aromatic N) is 4. The number of carbonyl (C=O) groups excluding carboxylic acids is 1. The van der Waals surface area contributed by atoms with Crippen LogP contribution in [0.4, 0.5) is 0 Å². The average Bonchev–Trinajstić information content (AvgIpc) is 3.75. The van der Waals surface area contributed by atoms with E-state index in [1.54, 1.807) is 0 Å². The van der Waals surface area contributed by atoms with Gasteiger partial charge in [-0.15, -0.1) is 5.10 Å². The molecule has 0 radical (unpaired) electrons. The topological polar surface area (TPSA) is 76.5 Å². The number of tetrazole rings is 1. The fourth-order valence-corrected chi connectivity index (χ4v) is 7.39. The first-order valence-electron chi connectivity index (χ1n) is 16.1. The van der Waals surface area contributed by atoms with E-state index in [-0.39, 0.29) is 0 Å². The lowest BCUT2D eigenvalue weighted by molar-refractivity contribution is 0.111. The summed E-state index contributed by atoms with van der Waals surface area (Å²) in [7, 11) is 0. The Morgan fingerprint density at radius 2 is 1.31 bits per heavy atom. The van der Waals surface area contributed by atoms with E-state index in [2.05, 4.69) is 136 Å². The Morgan fingerprint density at radius 3 is 1.85 bits per heavy atom. The molecule has 7 aromatic rings. The van der Waals surface area contributed by atoms with Gasteiger partial charge in [-0.05, 0) is 77.8 Å². The van der Waals surface area contributed by atoms with Crippen LogP contribution in [0.2, 0.25) is 0 Å². The molecule has 0 aliphatic carbocycles. The highest BCUT2D eigenvalue weighted by molar-refractivity contribution is 9.10. The van der Waals surface area contributed by atoms with Crippen LogP contribution in [0, 0.1) is 0 Å². The number of nitrogens with one attached hydrogen (secondary N) is 1. The number of H-pyrrole nitrogens is 1. The van der Waals surface area contributed by atoms with E-state index >= 15 is 0 Å². The van der Waals surface area contributed by atoms with Gasteiger partial charge in [0.1, 0.15) is 5.54 Å². The molecule has 0 amide bonds. The molecular formula is C41H34BrN5O. The molecule has 0 fully saturated rings. The minimum atomic E-state index is -0.893. The standard InChI is InChI=1S/C41H34BrN5O/c1-2-15-37-39(42)36(38(28-48)43-37)27-29-24-25-34(30-16-7-3-8-17-30)35(26-29)40-44-45-46-47(40)41(31-18-9-4-10-19-31,32-20-11-5-12-21-32)33-22-13-6-14-23-33/h3-14,16-26,28,43H,2,15,27H2,1H3. The summed E-state index contributed by atoms with van der Waals surface area (Å²) in [6, 6.07) is 48.0. The van der Waals surface area contributed by atoms with Crippen molar-refractivity contribution in [1.82, 2.24) is 25.2 Å². The smallest absolute Gasteiger partial charge is 0.184 e. The summed E-state index contributed by atoms with van der Waals surface area (Å²) < 4.78 is 2.93. The van der Waals surface area contributed by atoms with E-state index in [1.807, 2.05) is 41.1 Å². The molecule has 48 heavy (non-hydrogen) atoms. The molecule has 0 aliphatic heterocycles. The molecule has 5 aromatic carbocycles. The van der Waals surface area contributed by atoms with Gasteiger partial charge in [0.05, 0.1) is 5.69 Å². The van der Waals surface area contributed by atoms with Gasteiger partial charge in [0.15, 0.2) is 12.1 Å². The molecule has 0 bridgehead atoms. The Balaban J connectivity index is 1.49. The number of benzene rings is 5. The normalized spacial score (nSPS) is 11.5. The van der Waals surface area contributed by atoms with E-state index < -0.39 is 5.54 Å². The molecule has 7 heteroatoms. The largest absolute Gasteiger partial charge is 0.355 e. The zero-order valence-corrected chi connectivity index (χ0v) is 28.1. The van der Waals surface area contributed by atoms with Crippen molar-refractivity contribution >= 4 is 22.2 Å². The maximum absolute atomic E-state index is 12.2. The van der Waals surface area contributed by atoms with Crippen LogP contribution in [0.25, 0.3) is 22.5 Å². The summed E-state index contributed by atoms with van der Waals surface area (Å²) in [6.07, 6.45) is 3.29. The molecule has 0 spiro atoms. The summed E-state index contributed by atoms with van der Waals surface area (Å²) in [4.78, 5) is 15.5. The van der Waals surface area contributed by atoms with Gasteiger partial charge < -0.3 is 4.98 Å². The van der Waals surface area contributed by atoms with Crippen LogP contribution in [0.5, 0.6) is 0 Å². The van der Waals surface area contributed by atoms with Gasteiger partial charge in [-0.2, -0.15) is 0 Å². The third-order valence-electron chi connectivity index (χ3n) is 8.91. The quantitative estimate of drug-likeness (QED) is 0.108. The van der Waals surface area contributed by atoms with Crippen LogP contribution in [-0.2, 0) is 18.4 Å². The number of rotatable bonds is 11. The first-order valence-corrected chi connectivity index (χ1v) is 16.9. The van der Waals surface area contributed by atoms with Crippen LogP contribution in [0.15, 0.2) is 144 Å². The number of aromatic amines is 1. The minimum absolute atomic E-state index is 0.555. The minimum Gasteiger partial charge on any atom is -0.355 e. The van der Waals surface area contributed by atoms with E-state index in [0.717, 1.165) is 73.8 Å². The Bertz CT molecular complexity index is 2050. The van der Waals surface area contributed by atoms with Crippen molar-refractivity contribution in [2.45, 2.75) is 31.7 Å². The molecule has 7 rings (SSSR count). The molecule has 236 valence electrons. The Morgan fingerprint density at radius 1 is 0.750 bits per heavy atom. The Kier molecular flexibility index (Phi) is 8.95. The summed E-state index contributed by atoms with van der Waals surface area (Å²) in [6.45, 7) is 2.13. The molecule has 2 aromatic heterocycles. The lowest BCUT2D eigenvalue weighted by atomic mass is 9.76. The van der Waals surface area contributed by atoms with Gasteiger partial charge in [-0.25, -0.2) is 4.68 Å². The molecule has 1 N–H and O–H groups in total. The van der Waals surface area contributed by atoms with Crippen molar-refractivity contribution in [3.63, 3.8) is 0 Å². The summed E-state index contributed by atoms with van der Waals surface area (Å²) in [5.41, 5.74) is 8.77. The number of aromatic nitrogens is 5. The predicted octanol–water partition coefficient (Wildman–Crippen LogP) is 9.29. The highest BCUT2D eigenvalue weighted by atomic mass is 79.9. The SMILES string of the molecule is CCCc1[nH]c(C=O)c(Cc2ccc(-c3ccccc3)c(-c3nnnn3C(c3ccccc3)(c3ccccc3)c3ccccc3)c2)c1Br. The zero-order chi connectivity index (χ0) is 32.9. The third-order valence-corrected chi connectivity index (χ3v) is 9.87. The van der Waals surface area contributed by atoms with Crippen molar-refractivity contribution in [2.75, 3.05) is 0 Å². The molecule has 0 aliphatic rings. The highest BCUT2D eigenvalue weighted by Gasteiger charge is 2.42. The van der Waals surface area contributed by atoms with Crippen LogP contribution < -0.4 is 0 Å². The molecule has 0 atom stereocenters. The lowest BCUT2D eigenvalue weighted by Gasteiger charge is -2.36. The lowest BCUT2D eigenvalue weighted by Crippen LogP contribution is -2.39.